The van der Waals surface area contributed by atoms with Gasteiger partial charge in [-0.2, -0.15) is 0 Å². The number of nitrogens with one attached hydrogen (secondary N) is 1. The Morgan fingerprint density at radius 1 is 1.27 bits per heavy atom. The molecule has 4 heterocycles. The van der Waals surface area contributed by atoms with Gasteiger partial charge in [0, 0.05) is 38.8 Å². The van der Waals surface area contributed by atoms with E-state index in [-0.39, 0.29) is 11.5 Å². The number of hydrogen-bond donors (Lipinski definition) is 1. The molecule has 33 heavy (non-hydrogen) atoms. The molecule has 0 aliphatic carbocycles. The third-order valence-corrected chi connectivity index (χ3v) is 6.57. The van der Waals surface area contributed by atoms with Crippen LogP contribution in [0.2, 0.25) is 0 Å². The largest absolute Gasteiger partial charge is 0.383 e. The van der Waals surface area contributed by atoms with Gasteiger partial charge in [0.1, 0.15) is 15.8 Å². The van der Waals surface area contributed by atoms with E-state index in [1.54, 1.807) is 38.0 Å². The Morgan fingerprint density at radius 2 is 2.12 bits per heavy atom. The highest BCUT2D eigenvalue weighted by atomic mass is 32.2. The Morgan fingerprint density at radius 3 is 2.88 bits per heavy atom. The first-order chi connectivity index (χ1) is 16.0. The van der Waals surface area contributed by atoms with Crippen LogP contribution < -0.4 is 10.9 Å². The maximum absolute atomic E-state index is 13.4. The lowest BCUT2D eigenvalue weighted by Crippen LogP contribution is -2.31. The van der Waals surface area contributed by atoms with E-state index in [0.717, 1.165) is 18.5 Å². The van der Waals surface area contributed by atoms with Gasteiger partial charge in [-0.3, -0.25) is 18.9 Å². The summed E-state index contributed by atoms with van der Waals surface area (Å²) in [4.78, 5) is 36.9. The summed E-state index contributed by atoms with van der Waals surface area (Å²) in [6, 6.07) is 3.71. The smallest absolute Gasteiger partial charge is 0.267 e. The van der Waals surface area contributed by atoms with Gasteiger partial charge in [0.05, 0.1) is 29.9 Å². The Labute approximate surface area is 200 Å². The van der Waals surface area contributed by atoms with E-state index in [9.17, 15) is 9.59 Å². The van der Waals surface area contributed by atoms with E-state index >= 15 is 0 Å². The minimum absolute atomic E-state index is 0.234. The minimum Gasteiger partial charge on any atom is -0.383 e. The van der Waals surface area contributed by atoms with Crippen LogP contribution in [0.4, 0.5) is 5.82 Å². The van der Waals surface area contributed by atoms with Gasteiger partial charge in [0.2, 0.25) is 0 Å². The molecule has 1 fully saturated rings. The maximum Gasteiger partial charge on any atom is 0.267 e. The number of methoxy groups -OCH3 is 1. The maximum atomic E-state index is 13.4. The number of nitrogens with zero attached hydrogens (tertiary/aromatic N) is 5. The molecular weight excluding hydrogens is 460 g/mol. The van der Waals surface area contributed by atoms with Crippen LogP contribution in [0.15, 0.2) is 46.8 Å². The summed E-state index contributed by atoms with van der Waals surface area (Å²) in [5.74, 6) is 0.212. The van der Waals surface area contributed by atoms with Gasteiger partial charge in [0.25, 0.3) is 11.5 Å². The van der Waals surface area contributed by atoms with Gasteiger partial charge in [-0.25, -0.2) is 9.97 Å². The van der Waals surface area contributed by atoms with Crippen molar-refractivity contribution >= 4 is 51.7 Å². The summed E-state index contributed by atoms with van der Waals surface area (Å²) >= 11 is 6.54. The molecule has 0 aromatic carbocycles. The lowest BCUT2D eigenvalue weighted by Gasteiger charge is -2.13. The van der Waals surface area contributed by atoms with E-state index in [1.165, 1.54) is 21.1 Å². The van der Waals surface area contributed by atoms with E-state index in [2.05, 4.69) is 10.3 Å². The SMILES string of the molecule is COCCN1C(=O)C(=Cc2c(NCCCn3ccnc3)nc3c(C)cccn3c2=O)SC1=S. The standard InChI is InChI=1S/C22H24N6O3S2/c1-15-5-3-9-27-19(15)25-18(24-6-4-8-26-10-7-23-14-26)16(20(27)29)13-17-21(30)28(11-12-31-2)22(32)33-17/h3,5,7,9-10,13-14,24H,4,6,8,11-12H2,1-2H3. The number of carbonyl (C=O) groups is 1. The Hall–Kier alpha value is -3.02. The van der Waals surface area contributed by atoms with Crippen LogP contribution in [0, 0.1) is 6.92 Å². The topological polar surface area (TPSA) is 93.8 Å². The van der Waals surface area contributed by atoms with Crippen molar-refractivity contribution in [3.63, 3.8) is 0 Å². The zero-order valence-electron chi connectivity index (χ0n) is 18.4. The van der Waals surface area contributed by atoms with Crippen molar-refractivity contribution in [3.8, 4) is 0 Å². The third-order valence-electron chi connectivity index (χ3n) is 5.20. The van der Waals surface area contributed by atoms with Gasteiger partial charge in [0.15, 0.2) is 0 Å². The summed E-state index contributed by atoms with van der Waals surface area (Å²) in [7, 11) is 1.57. The molecule has 1 amide bonds. The fraction of sp³-hybridized carbons (Fsp3) is 0.318. The predicted octanol–water partition coefficient (Wildman–Crippen LogP) is 2.55. The van der Waals surface area contributed by atoms with Crippen molar-refractivity contribution in [1.29, 1.82) is 0 Å². The molecule has 0 bridgehead atoms. The number of pyridine rings is 1. The second-order valence-electron chi connectivity index (χ2n) is 7.47. The highest BCUT2D eigenvalue weighted by Gasteiger charge is 2.32. The molecule has 3 aromatic heterocycles. The number of fused-ring (bicyclic) bond motifs is 1. The molecule has 0 spiro atoms. The fourth-order valence-electron chi connectivity index (χ4n) is 3.47. The lowest BCUT2D eigenvalue weighted by molar-refractivity contribution is -0.122. The fourth-order valence-corrected chi connectivity index (χ4v) is 4.76. The molecule has 1 aliphatic rings. The van der Waals surface area contributed by atoms with Crippen molar-refractivity contribution in [2.75, 3.05) is 32.1 Å². The number of aryl methyl sites for hydroxylation is 2. The second kappa shape index (κ2) is 10.3. The van der Waals surface area contributed by atoms with Crippen LogP contribution in [0.5, 0.6) is 0 Å². The summed E-state index contributed by atoms with van der Waals surface area (Å²) in [6.45, 7) is 4.04. The van der Waals surface area contributed by atoms with Crippen LogP contribution in [-0.2, 0) is 16.1 Å². The van der Waals surface area contributed by atoms with Crippen LogP contribution in [0.1, 0.15) is 17.5 Å². The number of thiocarbonyl (C=S) groups is 1. The quantitative estimate of drug-likeness (QED) is 0.281. The van der Waals surface area contributed by atoms with Crippen LogP contribution in [0.25, 0.3) is 11.7 Å². The molecule has 9 nitrogen and oxygen atoms in total. The van der Waals surface area contributed by atoms with Crippen LogP contribution in [-0.4, -0.2) is 60.9 Å². The first-order valence-corrected chi connectivity index (χ1v) is 11.7. The average Bonchev–Trinajstić information content (AvgIpc) is 3.41. The number of anilines is 1. The number of aromatic nitrogens is 4. The van der Waals surface area contributed by atoms with Crippen molar-refractivity contribution < 1.29 is 9.53 Å². The van der Waals surface area contributed by atoms with Crippen molar-refractivity contribution in [3.05, 3.63) is 63.4 Å². The Bertz CT molecular complexity index is 1270. The molecule has 3 aromatic rings. The van der Waals surface area contributed by atoms with E-state index in [1.807, 2.05) is 23.8 Å². The van der Waals surface area contributed by atoms with Gasteiger partial charge in [-0.15, -0.1) is 0 Å². The predicted molar refractivity (Wildman–Crippen MR) is 133 cm³/mol. The average molecular weight is 485 g/mol. The van der Waals surface area contributed by atoms with Crippen LogP contribution in [0.3, 0.4) is 0 Å². The summed E-state index contributed by atoms with van der Waals surface area (Å²) in [6.07, 6.45) is 9.49. The molecule has 4 rings (SSSR count). The number of rotatable bonds is 9. The van der Waals surface area contributed by atoms with Gasteiger partial charge in [-0.05, 0) is 31.1 Å². The van der Waals surface area contributed by atoms with Gasteiger partial charge in [-0.1, -0.05) is 30.0 Å². The minimum atomic E-state index is -0.247. The van der Waals surface area contributed by atoms with E-state index in [0.29, 0.717) is 46.0 Å². The zero-order chi connectivity index (χ0) is 23.4. The highest BCUT2D eigenvalue weighted by Crippen LogP contribution is 2.32. The number of thioether (sulfide) groups is 1. The van der Waals surface area contributed by atoms with Crippen molar-refractivity contribution in [2.45, 2.75) is 19.9 Å². The number of amides is 1. The Kier molecular flexibility index (Phi) is 7.21. The molecule has 0 saturated carbocycles. The first-order valence-electron chi connectivity index (χ1n) is 10.5. The summed E-state index contributed by atoms with van der Waals surface area (Å²) < 4.78 is 9.01. The van der Waals surface area contributed by atoms with Gasteiger partial charge >= 0.3 is 0 Å². The number of imidazole rings is 1. The summed E-state index contributed by atoms with van der Waals surface area (Å²) in [5, 5.41) is 3.29. The zero-order valence-corrected chi connectivity index (χ0v) is 20.0. The first kappa shape index (κ1) is 23.1. The van der Waals surface area contributed by atoms with Gasteiger partial charge < -0.3 is 14.6 Å². The van der Waals surface area contributed by atoms with E-state index < -0.39 is 0 Å². The molecule has 172 valence electrons. The van der Waals surface area contributed by atoms with Crippen molar-refractivity contribution in [2.24, 2.45) is 0 Å². The third kappa shape index (κ3) is 5.00. The molecule has 1 saturated heterocycles. The van der Waals surface area contributed by atoms with Crippen LogP contribution >= 0.6 is 24.0 Å². The number of carbonyl (C=O) groups excluding carboxylic acids is 1. The Balaban J connectivity index is 1.66. The molecule has 0 unspecified atom stereocenters. The highest BCUT2D eigenvalue weighted by molar-refractivity contribution is 8.26. The monoisotopic (exact) mass is 484 g/mol. The second-order valence-corrected chi connectivity index (χ2v) is 9.15. The molecule has 1 aliphatic heterocycles. The molecule has 0 atom stereocenters. The molecule has 0 radical (unpaired) electrons. The number of ether oxygens (including phenoxy) is 1. The molecular formula is C22H24N6O3S2. The molecule has 11 heteroatoms. The summed E-state index contributed by atoms with van der Waals surface area (Å²) in [5.41, 5.74) is 1.54. The lowest BCUT2D eigenvalue weighted by atomic mass is 10.2. The number of hydrogen-bond acceptors (Lipinski definition) is 8. The molecule has 1 N–H and O–H groups in total. The normalized spacial score (nSPS) is 15.2. The van der Waals surface area contributed by atoms with Crippen molar-refractivity contribution in [1.82, 2.24) is 23.8 Å². The van der Waals surface area contributed by atoms with E-state index in [4.69, 9.17) is 21.9 Å².